The number of methoxy groups -OCH3 is 1. The lowest BCUT2D eigenvalue weighted by Gasteiger charge is -2.13. The van der Waals surface area contributed by atoms with Crippen molar-refractivity contribution in [3.63, 3.8) is 0 Å². The summed E-state index contributed by atoms with van der Waals surface area (Å²) in [6.07, 6.45) is 4.06. The molecule has 2 aromatic heterocycles. The second kappa shape index (κ2) is 9.07. The van der Waals surface area contributed by atoms with Crippen LogP contribution in [0, 0.1) is 5.82 Å². The number of halogens is 1. The van der Waals surface area contributed by atoms with Gasteiger partial charge in [0.05, 0.1) is 23.2 Å². The number of fused-ring (bicyclic) bond motifs is 1. The molecule has 35 heavy (non-hydrogen) atoms. The molecule has 2 heterocycles. The van der Waals surface area contributed by atoms with Crippen LogP contribution in [0.2, 0.25) is 0 Å². The van der Waals surface area contributed by atoms with Gasteiger partial charge in [-0.05, 0) is 59.7 Å². The fourth-order valence-electron chi connectivity index (χ4n) is 3.70. The van der Waals surface area contributed by atoms with Crippen molar-refractivity contribution >= 4 is 26.7 Å². The molecule has 0 amide bonds. The van der Waals surface area contributed by atoms with Crippen LogP contribution >= 0.6 is 0 Å². The van der Waals surface area contributed by atoms with E-state index in [1.807, 2.05) is 24.3 Å². The summed E-state index contributed by atoms with van der Waals surface area (Å²) >= 11 is 0. The summed E-state index contributed by atoms with van der Waals surface area (Å²) in [4.78, 5) is 16.4. The molecule has 5 aromatic rings. The predicted molar refractivity (Wildman–Crippen MR) is 130 cm³/mol. The number of benzene rings is 3. The van der Waals surface area contributed by atoms with E-state index in [4.69, 9.17) is 4.74 Å². The molecule has 0 saturated heterocycles. The predicted octanol–water partition coefficient (Wildman–Crippen LogP) is 4.70. The highest BCUT2D eigenvalue weighted by molar-refractivity contribution is 7.92. The fourth-order valence-corrected chi connectivity index (χ4v) is 4.73. The molecule has 0 aliphatic rings. The average Bonchev–Trinajstić information content (AvgIpc) is 2.88. The minimum atomic E-state index is -3.89. The van der Waals surface area contributed by atoms with Gasteiger partial charge in [-0.25, -0.2) is 32.7 Å². The van der Waals surface area contributed by atoms with E-state index in [0.717, 1.165) is 5.56 Å². The lowest BCUT2D eigenvalue weighted by atomic mass is 10.00. The largest absolute Gasteiger partial charge is 0.496 e. The lowest BCUT2D eigenvalue weighted by Crippen LogP contribution is -2.14. The monoisotopic (exact) mass is 487 g/mol. The van der Waals surface area contributed by atoms with Crippen molar-refractivity contribution in [2.75, 3.05) is 11.8 Å². The Balaban J connectivity index is 1.55. The maximum absolute atomic E-state index is 13.7. The topological polar surface area (TPSA) is 107 Å². The van der Waals surface area contributed by atoms with E-state index in [0.29, 0.717) is 33.5 Å². The standard InChI is InChI=1S/C25H18FN5O3S/c1-34-23-12-17(16-3-2-4-18(26)11-16)5-7-21(23)25-20-8-6-19(13-22(20)28-15-30-25)35(32,33)31-24-9-10-27-14-29-24/h2-15H,1H3,(H,27,29,31). The SMILES string of the molecule is COc1cc(-c2cccc(F)c2)ccc1-c1ncnc2cc(S(=O)(=O)Nc3ccncn3)ccc12. The van der Waals surface area contributed by atoms with E-state index >= 15 is 0 Å². The van der Waals surface area contributed by atoms with E-state index in [-0.39, 0.29) is 16.5 Å². The molecule has 1 N–H and O–H groups in total. The van der Waals surface area contributed by atoms with Crippen LogP contribution in [0.15, 0.2) is 90.5 Å². The van der Waals surface area contributed by atoms with Crippen LogP contribution in [0.3, 0.4) is 0 Å². The number of rotatable bonds is 6. The molecular formula is C25H18FN5O3S. The molecule has 0 bridgehead atoms. The fraction of sp³-hybridized carbons (Fsp3) is 0.0400. The highest BCUT2D eigenvalue weighted by Crippen LogP contribution is 2.36. The van der Waals surface area contributed by atoms with Crippen LogP contribution in [0.5, 0.6) is 5.75 Å². The number of nitrogens with one attached hydrogen (secondary N) is 1. The Morgan fingerprint density at radius 1 is 0.886 bits per heavy atom. The van der Waals surface area contributed by atoms with Gasteiger partial charge < -0.3 is 4.74 Å². The van der Waals surface area contributed by atoms with Gasteiger partial charge in [0, 0.05) is 17.1 Å². The summed E-state index contributed by atoms with van der Waals surface area (Å²) in [5.74, 6) is 0.368. The average molecular weight is 488 g/mol. The van der Waals surface area contributed by atoms with Crippen molar-refractivity contribution in [2.45, 2.75) is 4.90 Å². The van der Waals surface area contributed by atoms with E-state index in [9.17, 15) is 12.8 Å². The quantitative estimate of drug-likeness (QED) is 0.370. The van der Waals surface area contributed by atoms with Gasteiger partial charge in [0.15, 0.2) is 0 Å². The zero-order chi connectivity index (χ0) is 24.4. The Bertz CT molecular complexity index is 1650. The summed E-state index contributed by atoms with van der Waals surface area (Å²) in [6.45, 7) is 0. The van der Waals surface area contributed by atoms with Gasteiger partial charge in [-0.15, -0.1) is 0 Å². The molecule has 5 rings (SSSR count). The van der Waals surface area contributed by atoms with Crippen molar-refractivity contribution in [1.29, 1.82) is 0 Å². The number of sulfonamides is 1. The van der Waals surface area contributed by atoms with Crippen molar-refractivity contribution < 1.29 is 17.5 Å². The molecule has 0 saturated carbocycles. The summed E-state index contributed by atoms with van der Waals surface area (Å²) in [5.41, 5.74) is 3.21. The molecule has 0 aliphatic carbocycles. The summed E-state index contributed by atoms with van der Waals surface area (Å²) < 4.78 is 47.4. The van der Waals surface area contributed by atoms with Gasteiger partial charge in [-0.2, -0.15) is 0 Å². The van der Waals surface area contributed by atoms with Crippen LogP contribution in [0.1, 0.15) is 0 Å². The van der Waals surface area contributed by atoms with Crippen LogP contribution in [0.4, 0.5) is 10.2 Å². The number of hydrogen-bond donors (Lipinski definition) is 1. The highest BCUT2D eigenvalue weighted by atomic mass is 32.2. The van der Waals surface area contributed by atoms with Crippen LogP contribution < -0.4 is 9.46 Å². The lowest BCUT2D eigenvalue weighted by molar-refractivity contribution is 0.416. The minimum Gasteiger partial charge on any atom is -0.496 e. The molecule has 0 unspecified atom stereocenters. The maximum Gasteiger partial charge on any atom is 0.263 e. The third kappa shape index (κ3) is 4.51. The number of aromatic nitrogens is 4. The first-order valence-electron chi connectivity index (χ1n) is 10.4. The third-order valence-corrected chi connectivity index (χ3v) is 6.71. The Hall–Kier alpha value is -4.44. The highest BCUT2D eigenvalue weighted by Gasteiger charge is 2.18. The van der Waals surface area contributed by atoms with Gasteiger partial charge in [-0.3, -0.25) is 4.72 Å². The van der Waals surface area contributed by atoms with Crippen molar-refractivity contribution in [3.8, 4) is 28.1 Å². The number of anilines is 1. The Morgan fingerprint density at radius 2 is 1.74 bits per heavy atom. The maximum atomic E-state index is 13.7. The summed E-state index contributed by atoms with van der Waals surface area (Å²) in [7, 11) is -2.35. The van der Waals surface area contributed by atoms with E-state index in [1.54, 1.807) is 19.2 Å². The first-order chi connectivity index (χ1) is 16.9. The molecule has 0 radical (unpaired) electrons. The molecule has 8 nitrogen and oxygen atoms in total. The zero-order valence-corrected chi connectivity index (χ0v) is 19.2. The van der Waals surface area contributed by atoms with Gasteiger partial charge in [-0.1, -0.05) is 18.2 Å². The second-order valence-corrected chi connectivity index (χ2v) is 9.21. The molecular weight excluding hydrogens is 469 g/mol. The van der Waals surface area contributed by atoms with Crippen LogP contribution in [0.25, 0.3) is 33.3 Å². The molecule has 0 atom stereocenters. The Labute approximate surface area is 200 Å². The smallest absolute Gasteiger partial charge is 0.263 e. The first kappa shape index (κ1) is 22.4. The molecule has 0 aliphatic heterocycles. The molecule has 174 valence electrons. The van der Waals surface area contributed by atoms with Gasteiger partial charge in [0.2, 0.25) is 0 Å². The Kier molecular flexibility index (Phi) is 5.79. The number of nitrogens with zero attached hydrogens (tertiary/aromatic N) is 4. The van der Waals surface area contributed by atoms with E-state index in [1.165, 1.54) is 49.2 Å². The van der Waals surface area contributed by atoms with Crippen LogP contribution in [-0.2, 0) is 10.0 Å². The Morgan fingerprint density at radius 3 is 2.51 bits per heavy atom. The number of hydrogen-bond acceptors (Lipinski definition) is 7. The van der Waals surface area contributed by atoms with E-state index in [2.05, 4.69) is 24.7 Å². The molecule has 0 fully saturated rings. The summed E-state index contributed by atoms with van der Waals surface area (Å²) in [6, 6.07) is 17.9. The zero-order valence-electron chi connectivity index (χ0n) is 18.4. The molecule has 3 aromatic carbocycles. The molecule has 10 heteroatoms. The van der Waals surface area contributed by atoms with E-state index < -0.39 is 10.0 Å². The van der Waals surface area contributed by atoms with Crippen molar-refractivity contribution in [2.24, 2.45) is 0 Å². The van der Waals surface area contributed by atoms with Crippen LogP contribution in [-0.4, -0.2) is 35.5 Å². The van der Waals surface area contributed by atoms with Crippen molar-refractivity contribution in [3.05, 3.63) is 91.4 Å². The third-order valence-electron chi connectivity index (χ3n) is 5.35. The second-order valence-electron chi connectivity index (χ2n) is 7.53. The first-order valence-corrected chi connectivity index (χ1v) is 11.9. The summed E-state index contributed by atoms with van der Waals surface area (Å²) in [5, 5.41) is 0.644. The molecule has 0 spiro atoms. The van der Waals surface area contributed by atoms with Gasteiger partial charge in [0.25, 0.3) is 10.0 Å². The van der Waals surface area contributed by atoms with Gasteiger partial charge in [0.1, 0.15) is 30.0 Å². The normalized spacial score (nSPS) is 11.4. The number of ether oxygens (including phenoxy) is 1. The minimum absolute atomic E-state index is 0.0293. The van der Waals surface area contributed by atoms with Gasteiger partial charge >= 0.3 is 0 Å². The van der Waals surface area contributed by atoms with Crippen molar-refractivity contribution in [1.82, 2.24) is 19.9 Å².